The fourth-order valence-corrected chi connectivity index (χ4v) is 9.00. The van der Waals surface area contributed by atoms with E-state index < -0.39 is 5.97 Å². The summed E-state index contributed by atoms with van der Waals surface area (Å²) in [6, 6.07) is 18.0. The van der Waals surface area contributed by atoms with Gasteiger partial charge >= 0.3 is 5.97 Å². The number of aromatic nitrogens is 2. The Labute approximate surface area is 276 Å². The highest BCUT2D eigenvalue weighted by Gasteiger charge is 2.30. The van der Waals surface area contributed by atoms with E-state index >= 15 is 0 Å². The molecule has 1 aliphatic heterocycles. The van der Waals surface area contributed by atoms with Crippen LogP contribution in [0.5, 0.6) is 11.5 Å². The zero-order chi connectivity index (χ0) is 31.8. The van der Waals surface area contributed by atoms with Crippen LogP contribution in [0.1, 0.15) is 53.3 Å². The number of hydrogen-bond donors (Lipinski definition) is 1. The molecule has 8 nitrogen and oxygen atoms in total. The first-order valence-electron chi connectivity index (χ1n) is 15.8. The number of ether oxygens (including phenoxy) is 2. The average molecular weight is 656 g/mol. The smallest absolute Gasteiger partial charge is 0.345 e. The molecule has 0 unspecified atom stereocenters. The number of fused-ring (bicyclic) bond motifs is 2. The van der Waals surface area contributed by atoms with E-state index in [9.17, 15) is 14.7 Å². The molecule has 0 radical (unpaired) electrons. The monoisotopic (exact) mass is 655 g/mol. The van der Waals surface area contributed by atoms with Gasteiger partial charge in [-0.05, 0) is 72.4 Å². The van der Waals surface area contributed by atoms with Crippen molar-refractivity contribution in [1.29, 1.82) is 0 Å². The first-order valence-corrected chi connectivity index (χ1v) is 17.8. The lowest BCUT2D eigenvalue weighted by atomic mass is 9.83. The molecular formula is C36H37N3O5S2. The lowest BCUT2D eigenvalue weighted by Crippen LogP contribution is -2.39. The molecule has 10 heteroatoms. The minimum Gasteiger partial charge on any atom is -0.493 e. The minimum atomic E-state index is -0.926. The largest absolute Gasteiger partial charge is 0.493 e. The molecule has 46 heavy (non-hydrogen) atoms. The lowest BCUT2D eigenvalue weighted by Gasteiger charge is -2.27. The van der Waals surface area contributed by atoms with Crippen molar-refractivity contribution in [2.45, 2.75) is 44.6 Å². The topological polar surface area (TPSA) is 93.9 Å². The maximum Gasteiger partial charge on any atom is 0.345 e. The molecule has 7 rings (SSSR count). The van der Waals surface area contributed by atoms with Crippen molar-refractivity contribution in [1.82, 2.24) is 14.5 Å². The Balaban J connectivity index is 1.36. The van der Waals surface area contributed by atoms with Crippen molar-refractivity contribution < 1.29 is 24.2 Å². The van der Waals surface area contributed by atoms with Gasteiger partial charge in [-0.15, -0.1) is 11.3 Å². The third-order valence-electron chi connectivity index (χ3n) is 9.30. The summed E-state index contributed by atoms with van der Waals surface area (Å²) in [6.07, 6.45) is 5.65. The molecule has 2 aromatic carbocycles. The van der Waals surface area contributed by atoms with Gasteiger partial charge in [0.2, 0.25) is 5.91 Å². The third kappa shape index (κ3) is 5.73. The molecule has 3 aromatic heterocycles. The molecule has 1 saturated carbocycles. The molecule has 0 atom stereocenters. The number of thioether (sulfide) groups is 1. The summed E-state index contributed by atoms with van der Waals surface area (Å²) in [7, 11) is 3.25. The molecule has 1 amide bonds. The number of benzene rings is 2. The molecule has 0 spiro atoms. The molecule has 4 heterocycles. The van der Waals surface area contributed by atoms with Gasteiger partial charge in [0.15, 0.2) is 11.5 Å². The van der Waals surface area contributed by atoms with Crippen molar-refractivity contribution in [3.8, 4) is 34.0 Å². The summed E-state index contributed by atoms with van der Waals surface area (Å²) < 4.78 is 14.0. The summed E-state index contributed by atoms with van der Waals surface area (Å²) >= 11 is 3.22. The van der Waals surface area contributed by atoms with Gasteiger partial charge in [0, 0.05) is 35.5 Å². The maximum absolute atomic E-state index is 13.7. The van der Waals surface area contributed by atoms with E-state index in [4.69, 9.17) is 14.5 Å². The van der Waals surface area contributed by atoms with Crippen molar-refractivity contribution in [3.05, 3.63) is 65.0 Å². The van der Waals surface area contributed by atoms with E-state index in [-0.39, 0.29) is 12.5 Å². The Kier molecular flexibility index (Phi) is 8.66. The number of carbonyl (C=O) groups excluding carboxylic acids is 1. The predicted octanol–water partition coefficient (Wildman–Crippen LogP) is 7.92. The van der Waals surface area contributed by atoms with Gasteiger partial charge in [0.05, 0.1) is 41.3 Å². The normalized spacial score (nSPS) is 15.8. The number of pyridine rings is 1. The summed E-state index contributed by atoms with van der Waals surface area (Å²) in [5, 5.41) is 10.9. The lowest BCUT2D eigenvalue weighted by molar-refractivity contribution is -0.131. The summed E-state index contributed by atoms with van der Waals surface area (Å²) in [4.78, 5) is 33.1. The van der Waals surface area contributed by atoms with Crippen molar-refractivity contribution in [2.24, 2.45) is 0 Å². The van der Waals surface area contributed by atoms with E-state index in [1.54, 1.807) is 20.3 Å². The molecule has 0 bridgehead atoms. The van der Waals surface area contributed by atoms with Crippen LogP contribution >= 0.6 is 23.1 Å². The quantitative estimate of drug-likeness (QED) is 0.182. The highest BCUT2D eigenvalue weighted by Crippen LogP contribution is 2.47. The second-order valence-corrected chi connectivity index (χ2v) is 14.3. The van der Waals surface area contributed by atoms with E-state index in [1.165, 1.54) is 23.3 Å². The number of aromatic carboxylic acids is 1. The fraction of sp³-hybridized carbons (Fsp3) is 0.361. The van der Waals surface area contributed by atoms with Crippen LogP contribution in [0.15, 0.2) is 54.6 Å². The SMILES string of the molecule is COc1ccc(-c2ccc3cc(-c4c(C5CCCCC5)c5sc(C(=O)O)cc5n4CC(=O)N4CCSCC4)ccc3n2)cc1OC. The second kappa shape index (κ2) is 13.0. The Morgan fingerprint density at radius 1 is 0.913 bits per heavy atom. The maximum atomic E-state index is 13.7. The van der Waals surface area contributed by atoms with Gasteiger partial charge in [-0.25, -0.2) is 9.78 Å². The van der Waals surface area contributed by atoms with Crippen molar-refractivity contribution in [2.75, 3.05) is 38.8 Å². The van der Waals surface area contributed by atoms with Gasteiger partial charge in [-0.3, -0.25) is 4.79 Å². The molecule has 1 saturated heterocycles. The van der Waals surface area contributed by atoms with Gasteiger partial charge in [0.1, 0.15) is 11.4 Å². The number of carboxylic acid groups (broad SMARTS) is 1. The fourth-order valence-electron chi connectivity index (χ4n) is 6.98. The molecule has 2 fully saturated rings. The van der Waals surface area contributed by atoms with Gasteiger partial charge in [0.25, 0.3) is 0 Å². The number of carboxylic acids is 1. The van der Waals surface area contributed by atoms with E-state index in [2.05, 4.69) is 28.8 Å². The minimum absolute atomic E-state index is 0.0822. The van der Waals surface area contributed by atoms with E-state index in [0.717, 1.165) is 93.9 Å². The number of methoxy groups -OCH3 is 2. The predicted molar refractivity (Wildman–Crippen MR) is 186 cm³/mol. The van der Waals surface area contributed by atoms with Gasteiger partial charge in [-0.1, -0.05) is 31.4 Å². The van der Waals surface area contributed by atoms with Crippen molar-refractivity contribution >= 4 is 56.1 Å². The van der Waals surface area contributed by atoms with Crippen molar-refractivity contribution in [3.63, 3.8) is 0 Å². The highest BCUT2D eigenvalue weighted by molar-refractivity contribution is 7.99. The van der Waals surface area contributed by atoms with Gasteiger partial charge in [-0.2, -0.15) is 11.8 Å². The Morgan fingerprint density at radius 2 is 1.67 bits per heavy atom. The first kappa shape index (κ1) is 30.6. The molecular weight excluding hydrogens is 619 g/mol. The summed E-state index contributed by atoms with van der Waals surface area (Å²) in [5.41, 5.74) is 6.74. The molecule has 1 aliphatic carbocycles. The molecule has 1 N–H and O–H groups in total. The number of hydrogen-bond acceptors (Lipinski definition) is 7. The average Bonchev–Trinajstić information content (AvgIpc) is 3.66. The molecule has 238 valence electrons. The van der Waals surface area contributed by atoms with Gasteiger partial charge < -0.3 is 24.0 Å². The number of thiophene rings is 1. The zero-order valence-electron chi connectivity index (χ0n) is 26.1. The summed E-state index contributed by atoms with van der Waals surface area (Å²) in [5.74, 6) is 2.67. The molecule has 2 aliphatic rings. The van der Waals surface area contributed by atoms with Crippen LogP contribution in [0.3, 0.4) is 0 Å². The zero-order valence-corrected chi connectivity index (χ0v) is 27.7. The van der Waals surface area contributed by atoms with Crippen LogP contribution < -0.4 is 9.47 Å². The van der Waals surface area contributed by atoms with Crippen LogP contribution in [0.4, 0.5) is 0 Å². The second-order valence-electron chi connectivity index (χ2n) is 12.0. The summed E-state index contributed by atoms with van der Waals surface area (Å²) in [6.45, 7) is 1.67. The van der Waals surface area contributed by atoms with Crippen LogP contribution in [-0.2, 0) is 11.3 Å². The number of amides is 1. The van der Waals surface area contributed by atoms with E-state index in [1.807, 2.05) is 40.9 Å². The number of carbonyl (C=O) groups is 2. The number of nitrogens with zero attached hydrogens (tertiary/aromatic N) is 3. The molecule has 5 aromatic rings. The Hall–Kier alpha value is -4.02. The van der Waals surface area contributed by atoms with E-state index in [0.29, 0.717) is 22.3 Å². The standard InChI is InChI=1S/C36H37N3O5S2/c1-43-29-13-10-24(19-30(29)44-2)27-11-8-23-18-25(9-12-26(23)37-27)34-33(22-6-4-3-5-7-22)35-28(20-31(46-35)36(41)42)39(34)21-32(40)38-14-16-45-17-15-38/h8-13,18-20,22H,3-7,14-17,21H2,1-2H3,(H,41,42). The Bertz CT molecular complexity index is 1940. The van der Waals surface area contributed by atoms with Crippen LogP contribution in [0, 0.1) is 0 Å². The Morgan fingerprint density at radius 3 is 2.41 bits per heavy atom. The van der Waals surface area contributed by atoms with Crippen LogP contribution in [0.2, 0.25) is 0 Å². The van der Waals surface area contributed by atoms with Crippen LogP contribution in [0.25, 0.3) is 43.6 Å². The third-order valence-corrected chi connectivity index (χ3v) is 11.4. The highest BCUT2D eigenvalue weighted by atomic mass is 32.2. The van der Waals surface area contributed by atoms with Crippen LogP contribution in [-0.4, -0.2) is 70.2 Å². The first-order chi connectivity index (χ1) is 22.4. The number of rotatable bonds is 8.